The van der Waals surface area contributed by atoms with Crippen LogP contribution >= 0.6 is 0 Å². The van der Waals surface area contributed by atoms with E-state index in [4.69, 9.17) is 14.2 Å². The van der Waals surface area contributed by atoms with Crippen molar-refractivity contribution >= 4 is 17.9 Å². The minimum atomic E-state index is -0.105. The first-order valence-corrected chi connectivity index (χ1v) is 26.1. The zero-order valence-corrected chi connectivity index (χ0v) is 41.0. The second-order valence-electron chi connectivity index (χ2n) is 18.3. The van der Waals surface area contributed by atoms with Gasteiger partial charge >= 0.3 is 17.9 Å². The number of ether oxygens (including phenoxy) is 3. The van der Waals surface area contributed by atoms with E-state index in [1.54, 1.807) is 0 Å². The van der Waals surface area contributed by atoms with Gasteiger partial charge in [-0.1, -0.05) is 182 Å². The predicted octanol–water partition coefficient (Wildman–Crippen LogP) is 14.1. The zero-order valence-electron chi connectivity index (χ0n) is 41.0. The molecular formula is C52H102N2O6. The molecule has 60 heavy (non-hydrogen) atoms. The molecule has 0 aliphatic carbocycles. The standard InChI is InChI=1S/C52H102N2O6/c1-7-11-15-19-21-29-38-48(36-27-17-13-9-3)51(56)59-45-33-25-23-31-42-54(44-47-58-50(55)40-35-41-53(5)6)43-32-24-26-34-46-60-52(57)49(37-28-18-14-10-4)39-30-22-20-16-12-8-2/h48-49H,7-47H2,1-6H3. The first-order chi connectivity index (χ1) is 29.3. The molecule has 0 aromatic rings. The quantitative estimate of drug-likeness (QED) is 0.0340. The Morgan fingerprint density at radius 2 is 0.717 bits per heavy atom. The van der Waals surface area contributed by atoms with Gasteiger partial charge in [-0.3, -0.25) is 19.3 Å². The topological polar surface area (TPSA) is 85.4 Å². The van der Waals surface area contributed by atoms with Crippen LogP contribution in [0.4, 0.5) is 0 Å². The molecule has 8 heteroatoms. The van der Waals surface area contributed by atoms with Gasteiger partial charge in [0.2, 0.25) is 0 Å². The fraction of sp³-hybridized carbons (Fsp3) is 0.942. The monoisotopic (exact) mass is 851 g/mol. The van der Waals surface area contributed by atoms with E-state index in [-0.39, 0.29) is 29.7 Å². The summed E-state index contributed by atoms with van der Waals surface area (Å²) in [5.74, 6) is 0.0929. The number of carbonyl (C=O) groups is 3. The van der Waals surface area contributed by atoms with Gasteiger partial charge in [0, 0.05) is 13.0 Å². The van der Waals surface area contributed by atoms with Crippen LogP contribution in [0.5, 0.6) is 0 Å². The number of carbonyl (C=O) groups excluding carboxylic acids is 3. The highest BCUT2D eigenvalue weighted by atomic mass is 16.5. The molecule has 0 aromatic carbocycles. The summed E-state index contributed by atoms with van der Waals surface area (Å²) < 4.78 is 17.3. The Kier molecular flexibility index (Phi) is 44.1. The van der Waals surface area contributed by atoms with Crippen LogP contribution in [0.25, 0.3) is 0 Å². The third-order valence-corrected chi connectivity index (χ3v) is 12.2. The predicted molar refractivity (Wildman–Crippen MR) is 255 cm³/mol. The normalized spacial score (nSPS) is 12.6. The van der Waals surface area contributed by atoms with Crippen molar-refractivity contribution in [2.45, 2.75) is 246 Å². The first kappa shape index (κ1) is 58.3. The van der Waals surface area contributed by atoms with Crippen LogP contribution in [-0.4, -0.2) is 87.8 Å². The van der Waals surface area contributed by atoms with Crippen LogP contribution in [0.3, 0.4) is 0 Å². The minimum absolute atomic E-state index is 0.0335. The summed E-state index contributed by atoms with van der Waals surface area (Å²) in [4.78, 5) is 43.0. The highest BCUT2D eigenvalue weighted by molar-refractivity contribution is 5.72. The molecule has 0 heterocycles. The average Bonchev–Trinajstić information content (AvgIpc) is 3.23. The van der Waals surface area contributed by atoms with Crippen molar-refractivity contribution in [2.24, 2.45) is 11.8 Å². The van der Waals surface area contributed by atoms with Gasteiger partial charge in [-0.2, -0.15) is 0 Å². The Morgan fingerprint density at radius 1 is 0.367 bits per heavy atom. The highest BCUT2D eigenvalue weighted by Gasteiger charge is 2.20. The summed E-state index contributed by atoms with van der Waals surface area (Å²) in [6.07, 6.45) is 38.1. The largest absolute Gasteiger partial charge is 0.465 e. The molecular weight excluding hydrogens is 749 g/mol. The van der Waals surface area contributed by atoms with Crippen LogP contribution in [0.1, 0.15) is 246 Å². The van der Waals surface area contributed by atoms with Gasteiger partial charge in [0.25, 0.3) is 0 Å². The zero-order chi connectivity index (χ0) is 44.2. The summed E-state index contributed by atoms with van der Waals surface area (Å²) >= 11 is 0. The highest BCUT2D eigenvalue weighted by Crippen LogP contribution is 2.22. The Labute approximate surface area is 373 Å². The van der Waals surface area contributed by atoms with E-state index in [1.807, 2.05) is 14.1 Å². The van der Waals surface area contributed by atoms with E-state index >= 15 is 0 Å². The van der Waals surface area contributed by atoms with Crippen LogP contribution in [0, 0.1) is 11.8 Å². The lowest BCUT2D eigenvalue weighted by atomic mass is 9.94. The van der Waals surface area contributed by atoms with Crippen molar-refractivity contribution in [3.8, 4) is 0 Å². The number of hydrogen-bond acceptors (Lipinski definition) is 8. The van der Waals surface area contributed by atoms with Gasteiger partial charge in [-0.25, -0.2) is 0 Å². The molecule has 0 fully saturated rings. The molecule has 0 radical (unpaired) electrons. The molecule has 0 spiro atoms. The van der Waals surface area contributed by atoms with Crippen molar-refractivity contribution < 1.29 is 28.6 Å². The fourth-order valence-corrected chi connectivity index (χ4v) is 8.14. The molecule has 0 aliphatic heterocycles. The molecule has 356 valence electrons. The molecule has 8 nitrogen and oxygen atoms in total. The Bertz CT molecular complexity index is 887. The molecule has 0 rings (SSSR count). The van der Waals surface area contributed by atoms with Gasteiger partial charge in [0.15, 0.2) is 0 Å². The van der Waals surface area contributed by atoms with Gasteiger partial charge in [-0.05, 0) is 91.5 Å². The lowest BCUT2D eigenvalue weighted by molar-refractivity contribution is -0.150. The molecule has 0 aromatic heterocycles. The van der Waals surface area contributed by atoms with Gasteiger partial charge in [-0.15, -0.1) is 0 Å². The smallest absolute Gasteiger partial charge is 0.308 e. The van der Waals surface area contributed by atoms with Crippen molar-refractivity contribution in [3.63, 3.8) is 0 Å². The fourth-order valence-electron chi connectivity index (χ4n) is 8.14. The summed E-state index contributed by atoms with van der Waals surface area (Å²) in [7, 11) is 4.05. The molecule has 0 N–H and O–H groups in total. The van der Waals surface area contributed by atoms with Crippen LogP contribution < -0.4 is 0 Å². The van der Waals surface area contributed by atoms with E-state index in [2.05, 4.69) is 37.5 Å². The molecule has 0 amide bonds. The summed E-state index contributed by atoms with van der Waals surface area (Å²) in [6, 6.07) is 0. The van der Waals surface area contributed by atoms with Crippen molar-refractivity contribution in [1.82, 2.24) is 9.80 Å². The second kappa shape index (κ2) is 45.4. The second-order valence-corrected chi connectivity index (χ2v) is 18.3. The van der Waals surface area contributed by atoms with Crippen molar-refractivity contribution in [2.75, 3.05) is 60.1 Å². The van der Waals surface area contributed by atoms with E-state index in [9.17, 15) is 14.4 Å². The number of rotatable bonds is 47. The van der Waals surface area contributed by atoms with E-state index in [1.165, 1.54) is 103 Å². The molecule has 0 saturated heterocycles. The maximum Gasteiger partial charge on any atom is 0.308 e. The molecule has 2 unspecified atom stereocenters. The molecule has 2 atom stereocenters. The molecule has 0 bridgehead atoms. The van der Waals surface area contributed by atoms with Crippen molar-refractivity contribution in [1.29, 1.82) is 0 Å². The lowest BCUT2D eigenvalue weighted by Crippen LogP contribution is -2.30. The number of nitrogens with zero attached hydrogens (tertiary/aromatic N) is 2. The molecule has 0 aliphatic rings. The Hall–Kier alpha value is -1.67. The van der Waals surface area contributed by atoms with Crippen molar-refractivity contribution in [3.05, 3.63) is 0 Å². The van der Waals surface area contributed by atoms with Gasteiger partial charge in [0.1, 0.15) is 6.61 Å². The Balaban J connectivity index is 4.71. The lowest BCUT2D eigenvalue weighted by Gasteiger charge is -2.22. The van der Waals surface area contributed by atoms with Crippen LogP contribution in [0.2, 0.25) is 0 Å². The van der Waals surface area contributed by atoms with Crippen LogP contribution in [-0.2, 0) is 28.6 Å². The summed E-state index contributed by atoms with van der Waals surface area (Å²) in [6.45, 7) is 14.1. The van der Waals surface area contributed by atoms with E-state index in [0.717, 1.165) is 135 Å². The SMILES string of the molecule is CCCCCCCCC(CCCCCC)C(=O)OCCCCCCN(CCCCCCOC(=O)C(CCCCCC)CCCCCCCC)CCOC(=O)CCCN(C)C. The van der Waals surface area contributed by atoms with Crippen LogP contribution in [0.15, 0.2) is 0 Å². The maximum atomic E-state index is 13.1. The maximum absolute atomic E-state index is 13.1. The third-order valence-electron chi connectivity index (χ3n) is 12.2. The molecule has 0 saturated carbocycles. The van der Waals surface area contributed by atoms with E-state index < -0.39 is 0 Å². The minimum Gasteiger partial charge on any atom is -0.465 e. The van der Waals surface area contributed by atoms with E-state index in [0.29, 0.717) is 26.2 Å². The van der Waals surface area contributed by atoms with Gasteiger partial charge < -0.3 is 19.1 Å². The van der Waals surface area contributed by atoms with Gasteiger partial charge in [0.05, 0.1) is 25.0 Å². The first-order valence-electron chi connectivity index (χ1n) is 26.1. The Morgan fingerprint density at radius 3 is 1.12 bits per heavy atom. The average molecular weight is 851 g/mol. The number of esters is 3. The number of unbranched alkanes of at least 4 members (excludes halogenated alkanes) is 22. The summed E-state index contributed by atoms with van der Waals surface area (Å²) in [5.41, 5.74) is 0. The third kappa shape index (κ3) is 39.2. The number of hydrogen-bond donors (Lipinski definition) is 0. The summed E-state index contributed by atoms with van der Waals surface area (Å²) in [5, 5.41) is 0.